The van der Waals surface area contributed by atoms with Crippen molar-refractivity contribution >= 4 is 5.97 Å². The van der Waals surface area contributed by atoms with Gasteiger partial charge in [0, 0.05) is 6.42 Å². The predicted octanol–water partition coefficient (Wildman–Crippen LogP) is 4.76. The lowest BCUT2D eigenvalue weighted by molar-refractivity contribution is -0.136. The standard InChI is InChI=1S/C16H27FO2/c1-13(2)11-16(3,4)12-14(17)9-7-5-6-8-10-15(18)19/h5-7,9,13-14H,8,10-12H2,1-4H3,(H,18,19). The number of alkyl halides is 1. The van der Waals surface area contributed by atoms with E-state index in [1.54, 1.807) is 24.3 Å². The van der Waals surface area contributed by atoms with Gasteiger partial charge in [-0.1, -0.05) is 52.0 Å². The fraction of sp³-hybridized carbons (Fsp3) is 0.688. The molecule has 0 spiro atoms. The number of hydrogen-bond donors (Lipinski definition) is 1. The van der Waals surface area contributed by atoms with Crippen molar-refractivity contribution in [1.82, 2.24) is 0 Å². The minimum absolute atomic E-state index is 0.00491. The Bertz CT molecular complexity index is 317. The van der Waals surface area contributed by atoms with Crippen molar-refractivity contribution in [3.63, 3.8) is 0 Å². The summed E-state index contributed by atoms with van der Waals surface area (Å²) in [4.78, 5) is 10.3. The van der Waals surface area contributed by atoms with Gasteiger partial charge in [-0.15, -0.1) is 0 Å². The monoisotopic (exact) mass is 270 g/mol. The number of aliphatic carboxylic acids is 1. The molecule has 1 atom stereocenters. The maximum Gasteiger partial charge on any atom is 0.303 e. The molecule has 1 unspecified atom stereocenters. The van der Waals surface area contributed by atoms with E-state index < -0.39 is 12.1 Å². The van der Waals surface area contributed by atoms with Gasteiger partial charge in [0.05, 0.1) is 0 Å². The van der Waals surface area contributed by atoms with Crippen LogP contribution < -0.4 is 0 Å². The second-order valence-electron chi connectivity index (χ2n) is 6.23. The first-order valence-electron chi connectivity index (χ1n) is 6.92. The molecule has 0 aliphatic heterocycles. The number of carboxylic acid groups (broad SMARTS) is 1. The third kappa shape index (κ3) is 11.7. The molecule has 0 radical (unpaired) electrons. The van der Waals surface area contributed by atoms with Gasteiger partial charge in [-0.2, -0.15) is 0 Å². The molecule has 0 fully saturated rings. The van der Waals surface area contributed by atoms with E-state index in [1.165, 1.54) is 0 Å². The summed E-state index contributed by atoms with van der Waals surface area (Å²) in [5.41, 5.74) is 0.00491. The Labute approximate surface area is 116 Å². The van der Waals surface area contributed by atoms with Gasteiger partial charge in [-0.05, 0) is 30.6 Å². The SMILES string of the molecule is CC(C)CC(C)(C)CC(F)C=CC=CCCC(=O)O. The Morgan fingerprint density at radius 1 is 1.26 bits per heavy atom. The summed E-state index contributed by atoms with van der Waals surface area (Å²) in [7, 11) is 0. The van der Waals surface area contributed by atoms with Crippen molar-refractivity contribution in [1.29, 1.82) is 0 Å². The number of carboxylic acids is 1. The maximum absolute atomic E-state index is 13.8. The fourth-order valence-corrected chi connectivity index (χ4v) is 2.35. The molecule has 0 aromatic carbocycles. The Morgan fingerprint density at radius 2 is 1.89 bits per heavy atom. The van der Waals surface area contributed by atoms with Crippen LogP contribution in [-0.2, 0) is 4.79 Å². The number of carbonyl (C=O) groups is 1. The molecule has 0 saturated carbocycles. The Hall–Kier alpha value is -1.12. The molecule has 110 valence electrons. The highest BCUT2D eigenvalue weighted by atomic mass is 19.1. The summed E-state index contributed by atoms with van der Waals surface area (Å²) in [5, 5.41) is 8.45. The molecule has 0 amide bonds. The van der Waals surface area contributed by atoms with Gasteiger partial charge in [-0.3, -0.25) is 4.79 Å². The van der Waals surface area contributed by atoms with E-state index in [9.17, 15) is 9.18 Å². The van der Waals surface area contributed by atoms with Crippen LogP contribution in [0.25, 0.3) is 0 Å². The summed E-state index contributed by atoms with van der Waals surface area (Å²) >= 11 is 0. The molecule has 0 aromatic heterocycles. The highest BCUT2D eigenvalue weighted by Gasteiger charge is 2.22. The molecular weight excluding hydrogens is 243 g/mol. The topological polar surface area (TPSA) is 37.3 Å². The first-order valence-corrected chi connectivity index (χ1v) is 6.92. The average Bonchev–Trinajstić information content (AvgIpc) is 2.19. The summed E-state index contributed by atoms with van der Waals surface area (Å²) in [6, 6.07) is 0. The van der Waals surface area contributed by atoms with Crippen molar-refractivity contribution in [3.05, 3.63) is 24.3 Å². The highest BCUT2D eigenvalue weighted by Crippen LogP contribution is 2.31. The molecule has 0 aliphatic carbocycles. The van der Waals surface area contributed by atoms with Gasteiger partial charge in [0.25, 0.3) is 0 Å². The molecule has 0 heterocycles. The van der Waals surface area contributed by atoms with Crippen molar-refractivity contribution in [2.75, 3.05) is 0 Å². The summed E-state index contributed by atoms with van der Waals surface area (Å²) in [6.07, 6.45) is 7.84. The minimum Gasteiger partial charge on any atom is -0.481 e. The van der Waals surface area contributed by atoms with Gasteiger partial charge in [0.1, 0.15) is 6.17 Å². The van der Waals surface area contributed by atoms with Crippen LogP contribution in [0.3, 0.4) is 0 Å². The Balaban J connectivity index is 4.02. The van der Waals surface area contributed by atoms with Crippen LogP contribution in [0.5, 0.6) is 0 Å². The number of rotatable bonds is 9. The summed E-state index contributed by atoms with van der Waals surface area (Å²) in [6.45, 7) is 8.48. The molecule has 0 bridgehead atoms. The molecule has 0 rings (SSSR count). The number of halogens is 1. The van der Waals surface area contributed by atoms with Gasteiger partial charge in [0.15, 0.2) is 0 Å². The van der Waals surface area contributed by atoms with E-state index in [0.29, 0.717) is 18.8 Å². The third-order valence-corrected chi connectivity index (χ3v) is 2.80. The maximum atomic E-state index is 13.8. The first kappa shape index (κ1) is 17.9. The minimum atomic E-state index is -0.946. The van der Waals surface area contributed by atoms with E-state index in [4.69, 9.17) is 5.11 Å². The molecule has 2 nitrogen and oxygen atoms in total. The van der Waals surface area contributed by atoms with E-state index in [-0.39, 0.29) is 11.8 Å². The van der Waals surface area contributed by atoms with E-state index in [2.05, 4.69) is 27.7 Å². The van der Waals surface area contributed by atoms with E-state index in [0.717, 1.165) is 6.42 Å². The van der Waals surface area contributed by atoms with Crippen LogP contribution in [0.4, 0.5) is 4.39 Å². The molecular formula is C16H27FO2. The first-order chi connectivity index (χ1) is 8.73. The van der Waals surface area contributed by atoms with Crippen LogP contribution in [-0.4, -0.2) is 17.2 Å². The Morgan fingerprint density at radius 3 is 2.42 bits per heavy atom. The van der Waals surface area contributed by atoms with Crippen molar-refractivity contribution in [3.8, 4) is 0 Å². The van der Waals surface area contributed by atoms with Gasteiger partial charge in [-0.25, -0.2) is 4.39 Å². The lowest BCUT2D eigenvalue weighted by atomic mass is 9.79. The lowest BCUT2D eigenvalue weighted by Crippen LogP contribution is -2.19. The zero-order chi connectivity index (χ0) is 14.9. The highest BCUT2D eigenvalue weighted by molar-refractivity contribution is 5.66. The summed E-state index contributed by atoms with van der Waals surface area (Å²) in [5.74, 6) is -0.241. The van der Waals surface area contributed by atoms with Crippen LogP contribution >= 0.6 is 0 Å². The van der Waals surface area contributed by atoms with Gasteiger partial charge >= 0.3 is 5.97 Å². The number of allylic oxidation sites excluding steroid dienone is 4. The van der Waals surface area contributed by atoms with Crippen molar-refractivity contribution in [2.45, 2.75) is 59.5 Å². The lowest BCUT2D eigenvalue weighted by Gasteiger charge is -2.27. The molecule has 3 heteroatoms. The molecule has 0 aliphatic rings. The van der Waals surface area contributed by atoms with Gasteiger partial charge in [0.2, 0.25) is 0 Å². The quantitative estimate of drug-likeness (QED) is 0.613. The molecule has 0 saturated heterocycles. The third-order valence-electron chi connectivity index (χ3n) is 2.80. The van der Waals surface area contributed by atoms with Crippen LogP contribution in [0.15, 0.2) is 24.3 Å². The van der Waals surface area contributed by atoms with E-state index >= 15 is 0 Å². The smallest absolute Gasteiger partial charge is 0.303 e. The van der Waals surface area contributed by atoms with Crippen molar-refractivity contribution < 1.29 is 14.3 Å². The molecule has 1 N–H and O–H groups in total. The average molecular weight is 270 g/mol. The van der Waals surface area contributed by atoms with E-state index in [1.807, 2.05) is 0 Å². The largest absolute Gasteiger partial charge is 0.481 e. The second-order valence-corrected chi connectivity index (χ2v) is 6.23. The van der Waals surface area contributed by atoms with Gasteiger partial charge < -0.3 is 5.11 Å². The second kappa shape index (κ2) is 8.89. The van der Waals surface area contributed by atoms with Crippen LogP contribution in [0.1, 0.15) is 53.4 Å². The Kier molecular flexibility index (Phi) is 8.37. The zero-order valence-electron chi connectivity index (χ0n) is 12.5. The normalized spacial score (nSPS) is 14.6. The zero-order valence-corrected chi connectivity index (χ0v) is 12.5. The fourth-order valence-electron chi connectivity index (χ4n) is 2.35. The molecule has 0 aromatic rings. The van der Waals surface area contributed by atoms with Crippen LogP contribution in [0, 0.1) is 11.3 Å². The number of hydrogen-bond acceptors (Lipinski definition) is 1. The van der Waals surface area contributed by atoms with Crippen LogP contribution in [0.2, 0.25) is 0 Å². The predicted molar refractivity (Wildman–Crippen MR) is 77.9 cm³/mol. The molecule has 19 heavy (non-hydrogen) atoms. The summed E-state index contributed by atoms with van der Waals surface area (Å²) < 4.78 is 13.8. The van der Waals surface area contributed by atoms with Crippen molar-refractivity contribution in [2.24, 2.45) is 11.3 Å².